The second kappa shape index (κ2) is 6.08. The van der Waals surface area contributed by atoms with Gasteiger partial charge >= 0.3 is 0 Å². The van der Waals surface area contributed by atoms with Crippen molar-refractivity contribution in [3.63, 3.8) is 0 Å². The van der Waals surface area contributed by atoms with Crippen LogP contribution in [0.3, 0.4) is 0 Å². The summed E-state index contributed by atoms with van der Waals surface area (Å²) < 4.78 is 0. The molecule has 0 aliphatic carbocycles. The minimum atomic E-state index is 0.0505. The molecule has 21 heavy (non-hydrogen) atoms. The van der Waals surface area contributed by atoms with Crippen LogP contribution in [-0.2, 0) is 0 Å². The molecule has 5 heteroatoms. The molecule has 2 aromatic carbocycles. The summed E-state index contributed by atoms with van der Waals surface area (Å²) in [6.45, 7) is 0.494. The average molecular weight is 300 g/mol. The minimum absolute atomic E-state index is 0.0505. The second-order valence-corrected chi connectivity index (χ2v) is 5.04. The lowest BCUT2D eigenvalue weighted by atomic mass is 10.0. The van der Waals surface area contributed by atoms with Crippen molar-refractivity contribution in [3.05, 3.63) is 53.6 Å². The van der Waals surface area contributed by atoms with Gasteiger partial charge in [0.1, 0.15) is 5.69 Å². The van der Waals surface area contributed by atoms with Gasteiger partial charge in [0, 0.05) is 27.9 Å². The van der Waals surface area contributed by atoms with Crippen LogP contribution in [0.15, 0.2) is 48.5 Å². The molecule has 0 amide bonds. The zero-order chi connectivity index (χ0) is 14.7. The van der Waals surface area contributed by atoms with Gasteiger partial charge in [0.15, 0.2) is 5.82 Å². The number of nitrogens with one attached hydrogen (secondary N) is 1. The van der Waals surface area contributed by atoms with Crippen molar-refractivity contribution < 1.29 is 5.11 Å². The Morgan fingerprint density at radius 3 is 2.38 bits per heavy atom. The van der Waals surface area contributed by atoms with Gasteiger partial charge in [-0.05, 0) is 12.1 Å². The number of rotatable bonds is 4. The van der Waals surface area contributed by atoms with Crippen molar-refractivity contribution in [1.82, 2.24) is 10.2 Å². The van der Waals surface area contributed by atoms with Crippen molar-refractivity contribution in [3.8, 4) is 11.3 Å². The first kappa shape index (κ1) is 13.8. The highest BCUT2D eigenvalue weighted by Gasteiger charge is 2.10. The molecular formula is C16H14ClN3O. The first-order valence-electron chi connectivity index (χ1n) is 6.65. The molecule has 0 bridgehead atoms. The molecule has 0 aliphatic rings. The summed E-state index contributed by atoms with van der Waals surface area (Å²) in [4.78, 5) is 0. The number of aliphatic hydroxyl groups excluding tert-OH is 1. The molecule has 0 fully saturated rings. The van der Waals surface area contributed by atoms with E-state index in [0.717, 1.165) is 22.0 Å². The van der Waals surface area contributed by atoms with Gasteiger partial charge in [0.05, 0.1) is 6.61 Å². The fourth-order valence-electron chi connectivity index (χ4n) is 2.23. The van der Waals surface area contributed by atoms with E-state index in [9.17, 15) is 0 Å². The smallest absolute Gasteiger partial charge is 0.156 e. The van der Waals surface area contributed by atoms with E-state index < -0.39 is 0 Å². The molecule has 0 saturated heterocycles. The molecular weight excluding hydrogens is 286 g/mol. The molecule has 1 heterocycles. The summed E-state index contributed by atoms with van der Waals surface area (Å²) >= 11 is 5.93. The molecule has 0 radical (unpaired) electrons. The molecule has 0 saturated carbocycles. The van der Waals surface area contributed by atoms with E-state index in [0.29, 0.717) is 17.4 Å². The Balaban J connectivity index is 2.14. The van der Waals surface area contributed by atoms with Crippen molar-refractivity contribution >= 4 is 28.2 Å². The molecule has 0 spiro atoms. The molecule has 1 aromatic heterocycles. The number of hydrogen-bond donors (Lipinski definition) is 2. The zero-order valence-electron chi connectivity index (χ0n) is 11.3. The monoisotopic (exact) mass is 299 g/mol. The highest BCUT2D eigenvalue weighted by atomic mass is 35.5. The van der Waals surface area contributed by atoms with Crippen LogP contribution in [0.2, 0.25) is 5.02 Å². The predicted octanol–water partition coefficient (Wildman–Crippen LogP) is 3.35. The SMILES string of the molecule is OCCNc1nnc(-c2ccc(Cl)cc2)c2ccccc12. The van der Waals surface area contributed by atoms with Gasteiger partial charge in [0.25, 0.3) is 0 Å². The number of aliphatic hydroxyl groups is 1. The van der Waals surface area contributed by atoms with Gasteiger partial charge in [-0.25, -0.2) is 0 Å². The Hall–Kier alpha value is -2.17. The van der Waals surface area contributed by atoms with Crippen LogP contribution in [0, 0.1) is 0 Å². The molecule has 106 valence electrons. The van der Waals surface area contributed by atoms with Crippen LogP contribution in [0.5, 0.6) is 0 Å². The van der Waals surface area contributed by atoms with E-state index in [1.54, 1.807) is 0 Å². The lowest BCUT2D eigenvalue weighted by Crippen LogP contribution is -2.08. The van der Waals surface area contributed by atoms with Crippen molar-refractivity contribution in [2.45, 2.75) is 0 Å². The van der Waals surface area contributed by atoms with Crippen molar-refractivity contribution in [1.29, 1.82) is 0 Å². The summed E-state index contributed by atoms with van der Waals surface area (Å²) in [5.41, 5.74) is 1.79. The Bertz CT molecular complexity index is 759. The first-order valence-corrected chi connectivity index (χ1v) is 7.03. The van der Waals surface area contributed by atoms with Crippen LogP contribution in [0.1, 0.15) is 0 Å². The Kier molecular flexibility index (Phi) is 3.99. The predicted molar refractivity (Wildman–Crippen MR) is 85.6 cm³/mol. The van der Waals surface area contributed by atoms with E-state index in [1.165, 1.54) is 0 Å². The van der Waals surface area contributed by atoms with Gasteiger partial charge in [0.2, 0.25) is 0 Å². The number of hydrogen-bond acceptors (Lipinski definition) is 4. The van der Waals surface area contributed by atoms with Crippen LogP contribution in [0.4, 0.5) is 5.82 Å². The second-order valence-electron chi connectivity index (χ2n) is 4.60. The topological polar surface area (TPSA) is 58.0 Å². The number of fused-ring (bicyclic) bond motifs is 1. The number of nitrogens with zero attached hydrogens (tertiary/aromatic N) is 2. The number of aromatic nitrogens is 2. The lowest BCUT2D eigenvalue weighted by molar-refractivity contribution is 0.311. The quantitative estimate of drug-likeness (QED) is 0.775. The third kappa shape index (κ3) is 2.82. The largest absolute Gasteiger partial charge is 0.395 e. The molecule has 4 nitrogen and oxygen atoms in total. The Labute approximate surface area is 127 Å². The fraction of sp³-hybridized carbons (Fsp3) is 0.125. The average Bonchev–Trinajstić information content (AvgIpc) is 2.53. The maximum Gasteiger partial charge on any atom is 0.156 e. The summed E-state index contributed by atoms with van der Waals surface area (Å²) in [5, 5.41) is 23.3. The number of benzene rings is 2. The van der Waals surface area contributed by atoms with E-state index in [2.05, 4.69) is 15.5 Å². The Morgan fingerprint density at radius 1 is 0.952 bits per heavy atom. The maximum atomic E-state index is 8.94. The van der Waals surface area contributed by atoms with Crippen molar-refractivity contribution in [2.24, 2.45) is 0 Å². The van der Waals surface area contributed by atoms with Gasteiger partial charge in [-0.1, -0.05) is 48.0 Å². The summed E-state index contributed by atoms with van der Waals surface area (Å²) in [6, 6.07) is 15.5. The highest BCUT2D eigenvalue weighted by molar-refractivity contribution is 6.30. The van der Waals surface area contributed by atoms with E-state index in [-0.39, 0.29) is 6.61 Å². The van der Waals surface area contributed by atoms with E-state index >= 15 is 0 Å². The van der Waals surface area contributed by atoms with Crippen LogP contribution in [0.25, 0.3) is 22.0 Å². The zero-order valence-corrected chi connectivity index (χ0v) is 12.0. The Morgan fingerprint density at radius 2 is 1.67 bits per heavy atom. The lowest BCUT2D eigenvalue weighted by Gasteiger charge is -2.10. The van der Waals surface area contributed by atoms with Gasteiger partial charge in [-0.15, -0.1) is 10.2 Å². The third-order valence-electron chi connectivity index (χ3n) is 3.21. The van der Waals surface area contributed by atoms with Gasteiger partial charge in [-0.2, -0.15) is 0 Å². The number of anilines is 1. The molecule has 0 unspecified atom stereocenters. The van der Waals surface area contributed by atoms with E-state index in [1.807, 2.05) is 48.5 Å². The molecule has 3 rings (SSSR count). The molecule has 2 N–H and O–H groups in total. The summed E-state index contributed by atoms with van der Waals surface area (Å²) in [7, 11) is 0. The molecule has 0 aliphatic heterocycles. The molecule has 3 aromatic rings. The van der Waals surface area contributed by atoms with Crippen LogP contribution < -0.4 is 5.32 Å². The molecule has 0 atom stereocenters. The summed E-state index contributed by atoms with van der Waals surface area (Å²) in [6.07, 6.45) is 0. The van der Waals surface area contributed by atoms with Crippen molar-refractivity contribution in [2.75, 3.05) is 18.5 Å². The van der Waals surface area contributed by atoms with Crippen LogP contribution >= 0.6 is 11.6 Å². The third-order valence-corrected chi connectivity index (χ3v) is 3.46. The van der Waals surface area contributed by atoms with E-state index in [4.69, 9.17) is 16.7 Å². The fourth-order valence-corrected chi connectivity index (χ4v) is 2.36. The summed E-state index contributed by atoms with van der Waals surface area (Å²) in [5.74, 6) is 0.678. The number of halogens is 1. The van der Waals surface area contributed by atoms with Crippen LogP contribution in [-0.4, -0.2) is 28.5 Å². The van der Waals surface area contributed by atoms with Gasteiger partial charge < -0.3 is 10.4 Å². The highest BCUT2D eigenvalue weighted by Crippen LogP contribution is 2.30. The maximum absolute atomic E-state index is 8.94. The first-order chi connectivity index (χ1) is 10.3. The minimum Gasteiger partial charge on any atom is -0.395 e. The standard InChI is InChI=1S/C16H14ClN3O/c17-12-7-5-11(6-8-12)15-13-3-1-2-4-14(13)16(20-19-15)18-9-10-21/h1-8,21H,9-10H2,(H,18,20). The van der Waals surface area contributed by atoms with Gasteiger partial charge in [-0.3, -0.25) is 0 Å². The normalized spacial score (nSPS) is 10.8.